The Labute approximate surface area is 174 Å². The van der Waals surface area contributed by atoms with E-state index < -0.39 is 17.5 Å². The molecule has 2 radical (unpaired) electrons. The molecule has 31 heavy (non-hydrogen) atoms. The van der Waals surface area contributed by atoms with E-state index in [0.717, 1.165) is 18.5 Å². The average Bonchev–Trinajstić information content (AvgIpc) is 3.19. The predicted octanol–water partition coefficient (Wildman–Crippen LogP) is 1.99. The van der Waals surface area contributed by atoms with Crippen LogP contribution < -0.4 is 4.74 Å². The molecular formula is C19H12BF2N5O4. The van der Waals surface area contributed by atoms with E-state index in [4.69, 9.17) is 17.1 Å². The summed E-state index contributed by atoms with van der Waals surface area (Å²) in [5.74, 6) is -4.20. The lowest BCUT2D eigenvalue weighted by Gasteiger charge is -2.22. The van der Waals surface area contributed by atoms with Gasteiger partial charge in [0.1, 0.15) is 23.0 Å². The van der Waals surface area contributed by atoms with Crippen molar-refractivity contribution < 1.29 is 28.3 Å². The summed E-state index contributed by atoms with van der Waals surface area (Å²) in [6.07, 6.45) is 3.35. The summed E-state index contributed by atoms with van der Waals surface area (Å²) >= 11 is 0. The normalized spacial score (nSPS) is 11.5. The van der Waals surface area contributed by atoms with Crippen molar-refractivity contribution in [3.8, 4) is 40.0 Å². The van der Waals surface area contributed by atoms with Crippen LogP contribution in [0.2, 0.25) is 0 Å². The molecule has 0 aliphatic heterocycles. The minimum absolute atomic E-state index is 0.0200. The van der Waals surface area contributed by atoms with Gasteiger partial charge in [0.15, 0.2) is 5.75 Å². The Hall–Kier alpha value is -3.77. The highest BCUT2D eigenvalue weighted by molar-refractivity contribution is 6.12. The Morgan fingerprint density at radius 1 is 1.03 bits per heavy atom. The standard InChI is InChI=1S/C19H12BF2N5O4/c1-9-16(30-19(20,28)29)13(10-4-12(22)7-23-6-10)5-15(25-9)18-26-17(27-31-18)14-3-2-11(21)8-24-14/h2-8,28-29H,1H3. The lowest BCUT2D eigenvalue weighted by atomic mass is 10.0. The summed E-state index contributed by atoms with van der Waals surface area (Å²) in [6, 6.07) is 5.14. The topological polar surface area (TPSA) is 127 Å². The fourth-order valence-corrected chi connectivity index (χ4v) is 2.76. The molecule has 4 rings (SSSR count). The Morgan fingerprint density at radius 2 is 1.84 bits per heavy atom. The molecule has 0 spiro atoms. The van der Waals surface area contributed by atoms with Crippen LogP contribution >= 0.6 is 0 Å². The Morgan fingerprint density at radius 3 is 2.52 bits per heavy atom. The number of halogens is 2. The second-order valence-electron chi connectivity index (χ2n) is 6.41. The van der Waals surface area contributed by atoms with Crippen LogP contribution in [-0.2, 0) is 0 Å². The lowest BCUT2D eigenvalue weighted by molar-refractivity contribution is -0.223. The number of rotatable bonds is 5. The number of nitrogens with zero attached hydrogens (tertiary/aromatic N) is 5. The van der Waals surface area contributed by atoms with Gasteiger partial charge in [-0.05, 0) is 31.2 Å². The molecule has 0 aliphatic rings. The zero-order chi connectivity index (χ0) is 22.2. The van der Waals surface area contributed by atoms with Crippen LogP contribution in [0.5, 0.6) is 5.75 Å². The molecule has 0 bridgehead atoms. The molecule has 9 nitrogen and oxygen atoms in total. The van der Waals surface area contributed by atoms with Crippen molar-refractivity contribution >= 4 is 7.85 Å². The Kier molecular flexibility index (Phi) is 5.17. The lowest BCUT2D eigenvalue weighted by Crippen LogP contribution is -2.36. The minimum atomic E-state index is -3.00. The number of hydrogen-bond acceptors (Lipinski definition) is 9. The summed E-state index contributed by atoms with van der Waals surface area (Å²) in [4.78, 5) is 16.1. The van der Waals surface area contributed by atoms with Gasteiger partial charge in [-0.25, -0.2) is 18.7 Å². The van der Waals surface area contributed by atoms with E-state index >= 15 is 0 Å². The highest BCUT2D eigenvalue weighted by Crippen LogP contribution is 2.36. The van der Waals surface area contributed by atoms with Crippen molar-refractivity contribution in [3.05, 3.63) is 60.2 Å². The number of aryl methyl sites for hydroxylation is 1. The molecule has 4 aromatic rings. The van der Waals surface area contributed by atoms with Gasteiger partial charge in [-0.1, -0.05) is 5.16 Å². The maximum absolute atomic E-state index is 13.7. The Bertz CT molecular complexity index is 1250. The van der Waals surface area contributed by atoms with Crippen molar-refractivity contribution in [1.29, 1.82) is 0 Å². The van der Waals surface area contributed by atoms with Gasteiger partial charge in [-0.15, -0.1) is 0 Å². The van der Waals surface area contributed by atoms with Crippen LogP contribution in [0.4, 0.5) is 8.78 Å². The SMILES string of the molecule is [B]C(O)(O)Oc1c(-c2cncc(F)c2)cc(-c2nc(-c3ccc(F)cn3)no2)nc1C. The van der Waals surface area contributed by atoms with Gasteiger partial charge >= 0.3 is 0 Å². The molecule has 0 aliphatic carbocycles. The third-order valence-electron chi connectivity index (χ3n) is 4.01. The first-order chi connectivity index (χ1) is 14.7. The Balaban J connectivity index is 1.82. The van der Waals surface area contributed by atoms with Crippen LogP contribution in [0.3, 0.4) is 0 Å². The smallest absolute Gasteiger partial charge is 0.276 e. The van der Waals surface area contributed by atoms with E-state index in [-0.39, 0.29) is 45.7 Å². The molecule has 0 amide bonds. The first kappa shape index (κ1) is 20.5. The van der Waals surface area contributed by atoms with Crippen LogP contribution in [0.15, 0.2) is 47.4 Å². The minimum Gasteiger partial charge on any atom is -0.446 e. The van der Waals surface area contributed by atoms with Gasteiger partial charge in [-0.2, -0.15) is 4.98 Å². The van der Waals surface area contributed by atoms with Gasteiger partial charge in [0.05, 0.1) is 18.1 Å². The molecule has 2 N–H and O–H groups in total. The van der Waals surface area contributed by atoms with Crippen molar-refractivity contribution in [1.82, 2.24) is 25.1 Å². The van der Waals surface area contributed by atoms with Gasteiger partial charge in [-0.3, -0.25) is 4.98 Å². The summed E-state index contributed by atoms with van der Waals surface area (Å²) in [5, 5.41) is 22.8. The number of pyridine rings is 3. The van der Waals surface area contributed by atoms with Crippen molar-refractivity contribution in [2.24, 2.45) is 0 Å². The highest BCUT2D eigenvalue weighted by atomic mass is 19.1. The number of ether oxygens (including phenoxy) is 1. The molecule has 0 saturated carbocycles. The summed E-state index contributed by atoms with van der Waals surface area (Å²) in [7, 11) is 5.14. The summed E-state index contributed by atoms with van der Waals surface area (Å²) in [5.41, 5.74) is 1.03. The van der Waals surface area contributed by atoms with Crippen molar-refractivity contribution in [3.63, 3.8) is 0 Å². The van der Waals surface area contributed by atoms with E-state index in [9.17, 15) is 19.0 Å². The van der Waals surface area contributed by atoms with Gasteiger partial charge in [0.25, 0.3) is 11.8 Å². The first-order valence-corrected chi connectivity index (χ1v) is 8.71. The molecule has 154 valence electrons. The number of hydrogen-bond donors (Lipinski definition) is 2. The fraction of sp³-hybridized carbons (Fsp3) is 0.105. The molecule has 4 heterocycles. The maximum Gasteiger partial charge on any atom is 0.276 e. The zero-order valence-corrected chi connectivity index (χ0v) is 15.8. The van der Waals surface area contributed by atoms with Crippen molar-refractivity contribution in [2.45, 2.75) is 12.8 Å². The van der Waals surface area contributed by atoms with E-state index in [0.29, 0.717) is 0 Å². The second kappa shape index (κ2) is 7.82. The number of aliphatic hydroxyl groups is 2. The van der Waals surface area contributed by atoms with Gasteiger partial charge in [0, 0.05) is 17.3 Å². The van der Waals surface area contributed by atoms with Crippen LogP contribution in [-0.4, -0.2) is 49.0 Å². The molecule has 0 fully saturated rings. The van der Waals surface area contributed by atoms with Crippen LogP contribution in [0, 0.1) is 18.6 Å². The quantitative estimate of drug-likeness (QED) is 0.366. The van der Waals surface area contributed by atoms with Gasteiger partial charge in [0.2, 0.25) is 13.7 Å². The molecular weight excluding hydrogens is 411 g/mol. The first-order valence-electron chi connectivity index (χ1n) is 8.71. The average molecular weight is 423 g/mol. The van der Waals surface area contributed by atoms with E-state index in [1.54, 1.807) is 0 Å². The summed E-state index contributed by atoms with van der Waals surface area (Å²) in [6.45, 7) is 1.50. The van der Waals surface area contributed by atoms with E-state index in [2.05, 4.69) is 25.1 Å². The molecule has 4 aromatic heterocycles. The van der Waals surface area contributed by atoms with E-state index in [1.165, 1.54) is 31.3 Å². The molecule has 12 heteroatoms. The monoisotopic (exact) mass is 423 g/mol. The maximum atomic E-state index is 13.7. The number of aromatic nitrogens is 5. The van der Waals surface area contributed by atoms with Crippen molar-refractivity contribution in [2.75, 3.05) is 0 Å². The molecule has 0 aromatic carbocycles. The fourth-order valence-electron chi connectivity index (χ4n) is 2.76. The second-order valence-corrected chi connectivity index (χ2v) is 6.41. The van der Waals surface area contributed by atoms with E-state index in [1.807, 2.05) is 0 Å². The predicted molar refractivity (Wildman–Crippen MR) is 102 cm³/mol. The highest BCUT2D eigenvalue weighted by Gasteiger charge is 2.24. The zero-order valence-electron chi connectivity index (χ0n) is 15.8. The molecule has 0 saturated heterocycles. The molecule has 0 atom stereocenters. The third kappa shape index (κ3) is 4.54. The largest absolute Gasteiger partial charge is 0.446 e. The van der Waals surface area contributed by atoms with Crippen LogP contribution in [0.25, 0.3) is 34.2 Å². The van der Waals surface area contributed by atoms with Crippen LogP contribution in [0.1, 0.15) is 5.69 Å². The summed E-state index contributed by atoms with van der Waals surface area (Å²) < 4.78 is 37.1. The third-order valence-corrected chi connectivity index (χ3v) is 4.01. The molecule has 0 unspecified atom stereocenters. The van der Waals surface area contributed by atoms with Gasteiger partial charge < -0.3 is 19.5 Å².